The number of hydroxylamine groups is 2. The highest BCUT2D eigenvalue weighted by Crippen LogP contribution is 2.44. The summed E-state index contributed by atoms with van der Waals surface area (Å²) in [6.07, 6.45) is 1.63. The first-order valence-electron chi connectivity index (χ1n) is 18.2. The van der Waals surface area contributed by atoms with Gasteiger partial charge in [-0.05, 0) is 109 Å². The summed E-state index contributed by atoms with van der Waals surface area (Å²) in [7, 11) is 0. The Hall–Kier alpha value is -4.16. The summed E-state index contributed by atoms with van der Waals surface area (Å²) in [6.45, 7) is 13.8. The third-order valence-electron chi connectivity index (χ3n) is 10.1. The number of nitrogens with zero attached hydrogens (tertiary/aromatic N) is 2. The highest BCUT2D eigenvalue weighted by atomic mass is 16.6. The van der Waals surface area contributed by atoms with E-state index in [1.165, 1.54) is 9.96 Å². The van der Waals surface area contributed by atoms with Crippen molar-refractivity contribution in [3.63, 3.8) is 0 Å². The van der Waals surface area contributed by atoms with Crippen molar-refractivity contribution in [2.45, 2.75) is 128 Å². The Labute approximate surface area is 301 Å². The first-order chi connectivity index (χ1) is 24.0. The molecule has 1 aliphatic carbocycles. The van der Waals surface area contributed by atoms with Gasteiger partial charge in [-0.25, -0.2) is 9.59 Å². The summed E-state index contributed by atoms with van der Waals surface area (Å²) >= 11 is 0. The molecule has 4 amide bonds. The predicted molar refractivity (Wildman–Crippen MR) is 193 cm³/mol. The van der Waals surface area contributed by atoms with Gasteiger partial charge in [-0.1, -0.05) is 48.5 Å². The summed E-state index contributed by atoms with van der Waals surface area (Å²) in [6, 6.07) is 14.4. The first kappa shape index (κ1) is 38.1. The van der Waals surface area contributed by atoms with Crippen LogP contribution < -0.4 is 16.0 Å². The maximum absolute atomic E-state index is 13.8. The van der Waals surface area contributed by atoms with Gasteiger partial charge in [0.05, 0.1) is 0 Å². The molecule has 0 aromatic heterocycles. The monoisotopic (exact) mass is 705 g/mol. The number of alkyl carbamates (subject to hydrolysis) is 1. The molecule has 5 rings (SSSR count). The van der Waals surface area contributed by atoms with Crippen LogP contribution >= 0.6 is 0 Å². The molecule has 2 aromatic carbocycles. The van der Waals surface area contributed by atoms with E-state index in [1.54, 1.807) is 20.8 Å². The van der Waals surface area contributed by atoms with E-state index < -0.39 is 46.9 Å². The lowest BCUT2D eigenvalue weighted by Crippen LogP contribution is -2.64. The van der Waals surface area contributed by atoms with E-state index in [9.17, 15) is 24.4 Å². The van der Waals surface area contributed by atoms with Crippen LogP contribution in [0.4, 0.5) is 9.59 Å². The van der Waals surface area contributed by atoms with Gasteiger partial charge >= 0.3 is 12.2 Å². The molecule has 2 aromatic rings. The Bertz CT molecular complexity index is 1540. The molecule has 2 heterocycles. The minimum Gasteiger partial charge on any atom is -0.449 e. The van der Waals surface area contributed by atoms with Crippen LogP contribution in [-0.4, -0.2) is 93.7 Å². The van der Waals surface area contributed by atoms with E-state index in [4.69, 9.17) is 9.47 Å². The Balaban J connectivity index is 1.19. The molecular formula is C39H55N5O7. The molecule has 2 fully saturated rings. The van der Waals surface area contributed by atoms with Crippen molar-refractivity contribution in [2.24, 2.45) is 0 Å². The molecule has 12 nitrogen and oxygen atoms in total. The average molecular weight is 706 g/mol. The summed E-state index contributed by atoms with van der Waals surface area (Å²) in [5.41, 5.74) is 2.67. The van der Waals surface area contributed by atoms with Crippen LogP contribution in [0.2, 0.25) is 0 Å². The summed E-state index contributed by atoms with van der Waals surface area (Å²) < 4.78 is 11.2. The number of nitrogens with one attached hydrogen (secondary N) is 3. The van der Waals surface area contributed by atoms with Gasteiger partial charge in [-0.15, -0.1) is 0 Å². The lowest BCUT2D eigenvalue weighted by atomic mass is 9.79. The number of benzene rings is 2. The Morgan fingerprint density at radius 1 is 0.941 bits per heavy atom. The summed E-state index contributed by atoms with van der Waals surface area (Å²) in [5, 5.41) is 20.9. The van der Waals surface area contributed by atoms with Crippen LogP contribution in [0.3, 0.4) is 0 Å². The Morgan fingerprint density at radius 2 is 1.53 bits per heavy atom. The van der Waals surface area contributed by atoms with Crippen molar-refractivity contribution >= 4 is 24.0 Å². The van der Waals surface area contributed by atoms with E-state index in [-0.39, 0.29) is 37.4 Å². The van der Waals surface area contributed by atoms with Crippen LogP contribution in [-0.2, 0) is 19.1 Å². The zero-order valence-corrected chi connectivity index (χ0v) is 31.1. The van der Waals surface area contributed by atoms with Crippen molar-refractivity contribution in [3.05, 3.63) is 59.7 Å². The summed E-state index contributed by atoms with van der Waals surface area (Å²) in [5.74, 6) is -0.835. The Kier molecular flexibility index (Phi) is 11.4. The average Bonchev–Trinajstić information content (AvgIpc) is 3.67. The van der Waals surface area contributed by atoms with Crippen molar-refractivity contribution < 1.29 is 33.9 Å². The molecular weight excluding hydrogens is 650 g/mol. The second-order valence-corrected chi connectivity index (χ2v) is 16.3. The van der Waals surface area contributed by atoms with Crippen LogP contribution in [0.1, 0.15) is 104 Å². The third kappa shape index (κ3) is 9.02. The van der Waals surface area contributed by atoms with Gasteiger partial charge < -0.3 is 30.6 Å². The standard InChI is InChI=1S/C39H55N5O7/c1-37(2,3)51-36(48)43-21-13-19-32(43)34(46)42-31(33(45)41-25-22-38(4,5)44(49)39(6,7)23-25)18-12-20-40-35(47)50-24-30-28-16-10-8-14-26(28)27-15-9-11-17-29(27)30/h8-11,14-17,25,30-32,49H,12-13,18-24H2,1-7H3,(H,40,47)(H,41,45)(H,42,46)/t31-,32?/m0/s1. The molecule has 2 saturated heterocycles. The van der Waals surface area contributed by atoms with Gasteiger partial charge in [0.25, 0.3) is 0 Å². The molecule has 0 radical (unpaired) electrons. The van der Waals surface area contributed by atoms with E-state index in [2.05, 4.69) is 40.2 Å². The number of ether oxygens (including phenoxy) is 2. The molecule has 12 heteroatoms. The molecule has 278 valence electrons. The minimum absolute atomic E-state index is 0.0603. The molecule has 3 aliphatic rings. The van der Waals surface area contributed by atoms with Crippen LogP contribution in [0.5, 0.6) is 0 Å². The van der Waals surface area contributed by atoms with Gasteiger partial charge in [-0.3, -0.25) is 14.5 Å². The second-order valence-electron chi connectivity index (χ2n) is 16.3. The summed E-state index contributed by atoms with van der Waals surface area (Å²) in [4.78, 5) is 54.6. The van der Waals surface area contributed by atoms with Gasteiger partial charge in [0.1, 0.15) is 24.3 Å². The molecule has 0 saturated carbocycles. The normalized spacial score (nSPS) is 20.5. The van der Waals surface area contributed by atoms with E-state index >= 15 is 0 Å². The minimum atomic E-state index is -0.915. The predicted octanol–water partition coefficient (Wildman–Crippen LogP) is 5.72. The third-order valence-corrected chi connectivity index (χ3v) is 10.1. The maximum atomic E-state index is 13.8. The van der Waals surface area contributed by atoms with Gasteiger partial charge in [0.2, 0.25) is 11.8 Å². The lowest BCUT2D eigenvalue weighted by molar-refractivity contribution is -0.246. The zero-order chi connectivity index (χ0) is 37.1. The van der Waals surface area contributed by atoms with Crippen molar-refractivity contribution in [3.8, 4) is 11.1 Å². The molecule has 2 atom stereocenters. The number of fused-ring (bicyclic) bond motifs is 3. The molecule has 2 aliphatic heterocycles. The second kappa shape index (κ2) is 15.2. The maximum Gasteiger partial charge on any atom is 0.410 e. The number of piperidine rings is 1. The topological polar surface area (TPSA) is 150 Å². The first-order valence-corrected chi connectivity index (χ1v) is 18.2. The Morgan fingerprint density at radius 3 is 2.12 bits per heavy atom. The van der Waals surface area contributed by atoms with Gasteiger partial charge in [0.15, 0.2) is 0 Å². The van der Waals surface area contributed by atoms with E-state index in [1.807, 2.05) is 52.0 Å². The van der Waals surface area contributed by atoms with Crippen molar-refractivity contribution in [1.82, 2.24) is 25.9 Å². The van der Waals surface area contributed by atoms with E-state index in [0.29, 0.717) is 38.6 Å². The SMILES string of the molecule is CC(C)(C)OC(=O)N1CCCC1C(=O)N[C@@H](CCCNC(=O)OCC1c2ccccc2-c2ccccc21)C(=O)NC1CC(C)(C)N(O)C(C)(C)C1. The fourth-order valence-electron chi connectivity index (χ4n) is 7.94. The molecule has 0 bridgehead atoms. The molecule has 51 heavy (non-hydrogen) atoms. The number of carbonyl (C=O) groups is 4. The van der Waals surface area contributed by atoms with Crippen LogP contribution in [0, 0.1) is 0 Å². The number of likely N-dealkylation sites (tertiary alicyclic amines) is 1. The largest absolute Gasteiger partial charge is 0.449 e. The van der Waals surface area contributed by atoms with Gasteiger partial charge in [0, 0.05) is 36.1 Å². The fraction of sp³-hybridized carbons (Fsp3) is 0.590. The number of hydrogen-bond donors (Lipinski definition) is 4. The smallest absolute Gasteiger partial charge is 0.410 e. The quantitative estimate of drug-likeness (QED) is 0.230. The number of hydrogen-bond acceptors (Lipinski definition) is 8. The zero-order valence-electron chi connectivity index (χ0n) is 31.1. The van der Waals surface area contributed by atoms with Crippen molar-refractivity contribution in [2.75, 3.05) is 19.7 Å². The number of carbonyl (C=O) groups excluding carboxylic acids is 4. The molecule has 1 unspecified atom stereocenters. The van der Waals surface area contributed by atoms with E-state index in [0.717, 1.165) is 22.3 Å². The highest BCUT2D eigenvalue weighted by Gasteiger charge is 2.46. The number of rotatable bonds is 10. The van der Waals surface area contributed by atoms with Crippen LogP contribution in [0.15, 0.2) is 48.5 Å². The van der Waals surface area contributed by atoms with Crippen LogP contribution in [0.25, 0.3) is 11.1 Å². The molecule has 4 N–H and O–H groups in total. The van der Waals surface area contributed by atoms with Crippen molar-refractivity contribution in [1.29, 1.82) is 0 Å². The fourth-order valence-corrected chi connectivity index (χ4v) is 7.94. The molecule has 0 spiro atoms. The highest BCUT2D eigenvalue weighted by molar-refractivity contribution is 5.91. The van der Waals surface area contributed by atoms with Gasteiger partial charge in [-0.2, -0.15) is 5.06 Å². The number of amides is 4. The lowest BCUT2D eigenvalue weighted by Gasteiger charge is -2.51.